The maximum atomic E-state index is 4.53. The normalized spacial score (nSPS) is 21.3. The van der Waals surface area contributed by atoms with Gasteiger partial charge in [-0.3, -0.25) is 0 Å². The van der Waals surface area contributed by atoms with Crippen LogP contribution >= 0.6 is 0 Å². The number of rotatable bonds is 2. The van der Waals surface area contributed by atoms with E-state index < -0.39 is 0 Å². The predicted octanol–water partition coefficient (Wildman–Crippen LogP) is 2.06. The van der Waals surface area contributed by atoms with Gasteiger partial charge in [0.05, 0.1) is 18.1 Å². The average molecular weight is 193 g/mol. The minimum atomic E-state index is 0.471. The van der Waals surface area contributed by atoms with Gasteiger partial charge < -0.3 is 9.88 Å². The van der Waals surface area contributed by atoms with Gasteiger partial charge in [-0.15, -0.1) is 0 Å². The van der Waals surface area contributed by atoms with E-state index in [1.165, 1.54) is 30.7 Å². The first-order chi connectivity index (χ1) is 6.74. The van der Waals surface area contributed by atoms with Crippen LogP contribution in [-0.4, -0.2) is 16.6 Å². The molecule has 1 aliphatic carbocycles. The number of nitrogens with one attached hydrogen (secondary N) is 1. The fourth-order valence-corrected chi connectivity index (χ4v) is 2.29. The van der Waals surface area contributed by atoms with Crippen molar-refractivity contribution in [1.29, 1.82) is 0 Å². The van der Waals surface area contributed by atoms with Crippen molar-refractivity contribution in [3.05, 3.63) is 17.7 Å². The van der Waals surface area contributed by atoms with E-state index in [4.69, 9.17) is 0 Å². The molecule has 1 aliphatic rings. The number of imidazole rings is 1. The first-order valence-corrected chi connectivity index (χ1v) is 5.47. The SMILES string of the molecule is CN[C@@H]1CCCc2c1ncn2C(C)C. The summed E-state index contributed by atoms with van der Waals surface area (Å²) in [6.07, 6.45) is 5.67. The maximum Gasteiger partial charge on any atom is 0.0954 e. The van der Waals surface area contributed by atoms with Crippen LogP contribution < -0.4 is 5.32 Å². The van der Waals surface area contributed by atoms with Crippen LogP contribution in [0.2, 0.25) is 0 Å². The molecule has 3 nitrogen and oxygen atoms in total. The second kappa shape index (κ2) is 3.73. The smallest absolute Gasteiger partial charge is 0.0954 e. The Hall–Kier alpha value is -0.830. The maximum absolute atomic E-state index is 4.53. The monoisotopic (exact) mass is 193 g/mol. The number of aromatic nitrogens is 2. The van der Waals surface area contributed by atoms with Crippen molar-refractivity contribution in [2.75, 3.05) is 7.05 Å². The highest BCUT2D eigenvalue weighted by Crippen LogP contribution is 2.29. The molecule has 78 valence electrons. The second-order valence-corrected chi connectivity index (χ2v) is 4.31. The Morgan fingerprint density at radius 1 is 1.57 bits per heavy atom. The second-order valence-electron chi connectivity index (χ2n) is 4.31. The molecule has 0 bridgehead atoms. The Morgan fingerprint density at radius 2 is 2.36 bits per heavy atom. The van der Waals surface area contributed by atoms with E-state index in [1.54, 1.807) is 0 Å². The molecule has 0 amide bonds. The van der Waals surface area contributed by atoms with Gasteiger partial charge in [-0.05, 0) is 40.2 Å². The van der Waals surface area contributed by atoms with E-state index in [0.717, 1.165) is 0 Å². The topological polar surface area (TPSA) is 29.9 Å². The van der Waals surface area contributed by atoms with Gasteiger partial charge in [0, 0.05) is 11.7 Å². The van der Waals surface area contributed by atoms with E-state index in [-0.39, 0.29) is 0 Å². The van der Waals surface area contributed by atoms with Crippen LogP contribution in [0.5, 0.6) is 0 Å². The van der Waals surface area contributed by atoms with Crippen molar-refractivity contribution in [1.82, 2.24) is 14.9 Å². The van der Waals surface area contributed by atoms with Crippen LogP contribution in [0, 0.1) is 0 Å². The van der Waals surface area contributed by atoms with Gasteiger partial charge in [0.2, 0.25) is 0 Å². The lowest BCUT2D eigenvalue weighted by Gasteiger charge is -2.23. The van der Waals surface area contributed by atoms with Crippen LogP contribution in [-0.2, 0) is 6.42 Å². The summed E-state index contributed by atoms with van der Waals surface area (Å²) in [5.41, 5.74) is 2.71. The molecule has 14 heavy (non-hydrogen) atoms. The molecule has 0 aromatic carbocycles. The third-order valence-corrected chi connectivity index (χ3v) is 3.07. The standard InChI is InChI=1S/C11H19N3/c1-8(2)14-7-13-11-9(12-3)5-4-6-10(11)14/h7-9,12H,4-6H2,1-3H3/t9-/m1/s1. The largest absolute Gasteiger partial charge is 0.332 e. The summed E-state index contributed by atoms with van der Waals surface area (Å²) < 4.78 is 2.30. The number of hydrogen-bond donors (Lipinski definition) is 1. The zero-order chi connectivity index (χ0) is 10.1. The van der Waals surface area contributed by atoms with Crippen LogP contribution in [0.3, 0.4) is 0 Å². The van der Waals surface area contributed by atoms with Crippen LogP contribution in [0.25, 0.3) is 0 Å². The van der Waals surface area contributed by atoms with Crippen molar-refractivity contribution < 1.29 is 0 Å². The Morgan fingerprint density at radius 3 is 3.00 bits per heavy atom. The van der Waals surface area contributed by atoms with E-state index in [9.17, 15) is 0 Å². The van der Waals surface area contributed by atoms with Gasteiger partial charge in [0.15, 0.2) is 0 Å². The van der Waals surface area contributed by atoms with Gasteiger partial charge in [-0.1, -0.05) is 0 Å². The molecule has 0 saturated heterocycles. The highest BCUT2D eigenvalue weighted by molar-refractivity contribution is 5.21. The third-order valence-electron chi connectivity index (χ3n) is 3.07. The quantitative estimate of drug-likeness (QED) is 0.779. The number of nitrogens with zero attached hydrogens (tertiary/aromatic N) is 2. The fourth-order valence-electron chi connectivity index (χ4n) is 2.29. The number of fused-ring (bicyclic) bond motifs is 1. The minimum Gasteiger partial charge on any atom is -0.332 e. The zero-order valence-corrected chi connectivity index (χ0v) is 9.25. The molecule has 1 aromatic rings. The van der Waals surface area contributed by atoms with Gasteiger partial charge in [0.1, 0.15) is 0 Å². The first kappa shape index (κ1) is 9.71. The lowest BCUT2D eigenvalue weighted by atomic mass is 9.96. The Bertz CT molecular complexity index is 314. The van der Waals surface area contributed by atoms with E-state index in [0.29, 0.717) is 12.1 Å². The lowest BCUT2D eigenvalue weighted by Crippen LogP contribution is -2.22. The van der Waals surface area contributed by atoms with Gasteiger partial charge >= 0.3 is 0 Å². The molecule has 0 unspecified atom stereocenters. The number of hydrogen-bond acceptors (Lipinski definition) is 2. The van der Waals surface area contributed by atoms with Crippen molar-refractivity contribution in [2.45, 2.75) is 45.2 Å². The summed E-state index contributed by atoms with van der Waals surface area (Å²) in [6.45, 7) is 4.43. The first-order valence-electron chi connectivity index (χ1n) is 5.47. The molecule has 1 atom stereocenters. The van der Waals surface area contributed by atoms with E-state index in [1.807, 2.05) is 13.4 Å². The summed E-state index contributed by atoms with van der Waals surface area (Å²) in [6, 6.07) is 1.00. The van der Waals surface area contributed by atoms with Gasteiger partial charge in [-0.2, -0.15) is 0 Å². The minimum absolute atomic E-state index is 0.471. The van der Waals surface area contributed by atoms with Crippen LogP contribution in [0.4, 0.5) is 0 Å². The zero-order valence-electron chi connectivity index (χ0n) is 9.25. The summed E-state index contributed by atoms with van der Waals surface area (Å²) in [5.74, 6) is 0. The highest BCUT2D eigenvalue weighted by atomic mass is 15.1. The summed E-state index contributed by atoms with van der Waals surface area (Å²) in [4.78, 5) is 4.53. The molecular weight excluding hydrogens is 174 g/mol. The molecule has 0 fully saturated rings. The van der Waals surface area contributed by atoms with Crippen molar-refractivity contribution >= 4 is 0 Å². The molecule has 1 heterocycles. The molecular formula is C11H19N3. The molecule has 0 radical (unpaired) electrons. The molecule has 0 saturated carbocycles. The molecule has 3 heteroatoms. The molecule has 1 N–H and O–H groups in total. The summed E-state index contributed by atoms with van der Waals surface area (Å²) in [5, 5.41) is 3.34. The van der Waals surface area contributed by atoms with Crippen molar-refractivity contribution in [3.63, 3.8) is 0 Å². The van der Waals surface area contributed by atoms with Crippen LogP contribution in [0.1, 0.15) is 50.2 Å². The molecule has 0 spiro atoms. The molecule has 2 rings (SSSR count). The molecule has 1 aromatic heterocycles. The molecule has 0 aliphatic heterocycles. The predicted molar refractivity (Wildman–Crippen MR) is 57.4 cm³/mol. The van der Waals surface area contributed by atoms with Crippen molar-refractivity contribution in [3.8, 4) is 0 Å². The van der Waals surface area contributed by atoms with Gasteiger partial charge in [0.25, 0.3) is 0 Å². The summed E-state index contributed by atoms with van der Waals surface area (Å²) >= 11 is 0. The highest BCUT2D eigenvalue weighted by Gasteiger charge is 2.23. The van der Waals surface area contributed by atoms with E-state index in [2.05, 4.69) is 28.7 Å². The van der Waals surface area contributed by atoms with Gasteiger partial charge in [-0.25, -0.2) is 4.98 Å². The fraction of sp³-hybridized carbons (Fsp3) is 0.727. The van der Waals surface area contributed by atoms with Crippen molar-refractivity contribution in [2.24, 2.45) is 0 Å². The average Bonchev–Trinajstić information content (AvgIpc) is 2.60. The van der Waals surface area contributed by atoms with E-state index >= 15 is 0 Å². The van der Waals surface area contributed by atoms with Crippen LogP contribution in [0.15, 0.2) is 6.33 Å². The lowest BCUT2D eigenvalue weighted by molar-refractivity contribution is 0.466. The Kier molecular flexibility index (Phi) is 2.59. The third kappa shape index (κ3) is 1.46. The summed E-state index contributed by atoms with van der Waals surface area (Å²) in [7, 11) is 2.02. The Labute approximate surface area is 85.5 Å². The Balaban J connectivity index is 2.37.